The normalized spacial score (nSPS) is 11.8. The van der Waals surface area contributed by atoms with Gasteiger partial charge in [0.2, 0.25) is 0 Å². The Morgan fingerprint density at radius 3 is 2.36 bits per heavy atom. The summed E-state index contributed by atoms with van der Waals surface area (Å²) in [6, 6.07) is 6.39. The number of hydrogen-bond acceptors (Lipinski definition) is 0. The Hall–Kier alpha value is -0.490. The van der Waals surface area contributed by atoms with Crippen LogP contribution >= 0.6 is 11.6 Å². The SMILES string of the molecule is CCCc1cc(C(C)(C)C)ccc1Cl. The summed E-state index contributed by atoms with van der Waals surface area (Å²) in [5.74, 6) is 0. The van der Waals surface area contributed by atoms with Crippen LogP contribution < -0.4 is 0 Å². The standard InChI is InChI=1S/C13H19Cl/c1-5-6-10-9-11(13(2,3)4)7-8-12(10)14/h7-9H,5-6H2,1-4H3. The van der Waals surface area contributed by atoms with Gasteiger partial charge in [-0.05, 0) is 29.0 Å². The van der Waals surface area contributed by atoms with Crippen molar-refractivity contribution < 1.29 is 0 Å². The van der Waals surface area contributed by atoms with Gasteiger partial charge in [-0.15, -0.1) is 0 Å². The van der Waals surface area contributed by atoms with E-state index in [2.05, 4.69) is 39.8 Å². The summed E-state index contributed by atoms with van der Waals surface area (Å²) < 4.78 is 0. The Labute approximate surface area is 92.3 Å². The van der Waals surface area contributed by atoms with E-state index in [0.717, 1.165) is 17.9 Å². The zero-order valence-corrected chi connectivity index (χ0v) is 10.3. The molecule has 0 unspecified atom stereocenters. The van der Waals surface area contributed by atoms with E-state index in [9.17, 15) is 0 Å². The maximum Gasteiger partial charge on any atom is 0.0438 e. The molecule has 0 heterocycles. The first-order chi connectivity index (χ1) is 6.45. The van der Waals surface area contributed by atoms with E-state index in [1.54, 1.807) is 0 Å². The van der Waals surface area contributed by atoms with Gasteiger partial charge in [0.25, 0.3) is 0 Å². The molecule has 0 aliphatic rings. The molecule has 0 bridgehead atoms. The third-order valence-corrected chi connectivity index (χ3v) is 2.80. The van der Waals surface area contributed by atoms with Crippen molar-refractivity contribution in [1.82, 2.24) is 0 Å². The van der Waals surface area contributed by atoms with Crippen LogP contribution in [0.15, 0.2) is 18.2 Å². The molecular formula is C13H19Cl. The first-order valence-electron chi connectivity index (χ1n) is 5.24. The predicted octanol–water partition coefficient (Wildman–Crippen LogP) is 4.59. The lowest BCUT2D eigenvalue weighted by atomic mass is 9.86. The third-order valence-electron chi connectivity index (χ3n) is 2.43. The quantitative estimate of drug-likeness (QED) is 0.670. The molecule has 0 fully saturated rings. The smallest absolute Gasteiger partial charge is 0.0438 e. The molecule has 0 saturated carbocycles. The maximum absolute atomic E-state index is 6.13. The molecule has 0 spiro atoms. The molecule has 0 atom stereocenters. The Morgan fingerprint density at radius 1 is 1.21 bits per heavy atom. The molecule has 0 aromatic heterocycles. The second-order valence-electron chi connectivity index (χ2n) is 4.81. The number of halogens is 1. The molecule has 0 radical (unpaired) electrons. The maximum atomic E-state index is 6.13. The molecule has 0 amide bonds. The molecule has 78 valence electrons. The highest BCUT2D eigenvalue weighted by Gasteiger charge is 2.14. The molecular weight excluding hydrogens is 192 g/mol. The van der Waals surface area contributed by atoms with Crippen LogP contribution in [-0.2, 0) is 11.8 Å². The van der Waals surface area contributed by atoms with Crippen LogP contribution in [-0.4, -0.2) is 0 Å². The van der Waals surface area contributed by atoms with Crippen molar-refractivity contribution in [2.75, 3.05) is 0 Å². The summed E-state index contributed by atoms with van der Waals surface area (Å²) in [6.45, 7) is 8.87. The molecule has 1 heteroatoms. The van der Waals surface area contributed by atoms with Gasteiger partial charge in [-0.3, -0.25) is 0 Å². The summed E-state index contributed by atoms with van der Waals surface area (Å²) >= 11 is 6.13. The lowest BCUT2D eigenvalue weighted by Crippen LogP contribution is -2.11. The number of aryl methyl sites for hydroxylation is 1. The van der Waals surface area contributed by atoms with Crippen molar-refractivity contribution in [3.8, 4) is 0 Å². The molecule has 1 aromatic rings. The number of rotatable bonds is 2. The van der Waals surface area contributed by atoms with Gasteiger partial charge in [-0.25, -0.2) is 0 Å². The summed E-state index contributed by atoms with van der Waals surface area (Å²) in [5, 5.41) is 0.903. The summed E-state index contributed by atoms with van der Waals surface area (Å²) in [4.78, 5) is 0. The topological polar surface area (TPSA) is 0 Å². The van der Waals surface area contributed by atoms with Crippen molar-refractivity contribution in [2.45, 2.75) is 46.0 Å². The second-order valence-corrected chi connectivity index (χ2v) is 5.21. The van der Waals surface area contributed by atoms with Crippen molar-refractivity contribution in [3.63, 3.8) is 0 Å². The van der Waals surface area contributed by atoms with Crippen LogP contribution in [0.4, 0.5) is 0 Å². The number of hydrogen-bond donors (Lipinski definition) is 0. The van der Waals surface area contributed by atoms with Crippen LogP contribution in [0.2, 0.25) is 5.02 Å². The Balaban J connectivity index is 3.06. The molecule has 14 heavy (non-hydrogen) atoms. The minimum absolute atomic E-state index is 0.215. The van der Waals surface area contributed by atoms with E-state index in [1.165, 1.54) is 11.1 Å². The Kier molecular flexibility index (Phi) is 3.60. The molecule has 0 N–H and O–H groups in total. The average Bonchev–Trinajstić information content (AvgIpc) is 2.07. The highest BCUT2D eigenvalue weighted by atomic mass is 35.5. The Morgan fingerprint density at radius 2 is 1.86 bits per heavy atom. The van der Waals surface area contributed by atoms with Gasteiger partial charge in [0.1, 0.15) is 0 Å². The molecule has 0 saturated heterocycles. The molecule has 1 rings (SSSR count). The van der Waals surface area contributed by atoms with Gasteiger partial charge < -0.3 is 0 Å². The van der Waals surface area contributed by atoms with E-state index in [4.69, 9.17) is 11.6 Å². The van der Waals surface area contributed by atoms with Gasteiger partial charge in [0.05, 0.1) is 0 Å². The third kappa shape index (κ3) is 2.75. The van der Waals surface area contributed by atoms with E-state index >= 15 is 0 Å². The highest BCUT2D eigenvalue weighted by Crippen LogP contribution is 2.27. The van der Waals surface area contributed by atoms with Gasteiger partial charge in [0, 0.05) is 5.02 Å². The van der Waals surface area contributed by atoms with Gasteiger partial charge >= 0.3 is 0 Å². The van der Waals surface area contributed by atoms with E-state index in [0.29, 0.717) is 0 Å². The van der Waals surface area contributed by atoms with Crippen LogP contribution in [0, 0.1) is 0 Å². The fourth-order valence-electron chi connectivity index (χ4n) is 1.50. The van der Waals surface area contributed by atoms with E-state index < -0.39 is 0 Å². The first-order valence-corrected chi connectivity index (χ1v) is 5.62. The molecule has 0 aliphatic heterocycles. The zero-order chi connectivity index (χ0) is 10.8. The molecule has 1 aromatic carbocycles. The molecule has 0 aliphatic carbocycles. The zero-order valence-electron chi connectivity index (χ0n) is 9.52. The van der Waals surface area contributed by atoms with Crippen LogP contribution in [0.3, 0.4) is 0 Å². The first kappa shape index (κ1) is 11.6. The van der Waals surface area contributed by atoms with E-state index in [-0.39, 0.29) is 5.41 Å². The van der Waals surface area contributed by atoms with Crippen molar-refractivity contribution >= 4 is 11.6 Å². The Bertz CT molecular complexity index is 308. The highest BCUT2D eigenvalue weighted by molar-refractivity contribution is 6.31. The summed E-state index contributed by atoms with van der Waals surface area (Å²) in [5.41, 5.74) is 2.86. The fourth-order valence-corrected chi connectivity index (χ4v) is 1.71. The van der Waals surface area contributed by atoms with Crippen LogP contribution in [0.25, 0.3) is 0 Å². The lowest BCUT2D eigenvalue weighted by Gasteiger charge is -2.20. The monoisotopic (exact) mass is 210 g/mol. The van der Waals surface area contributed by atoms with Crippen LogP contribution in [0.1, 0.15) is 45.2 Å². The number of benzene rings is 1. The van der Waals surface area contributed by atoms with Gasteiger partial charge in [-0.2, -0.15) is 0 Å². The largest absolute Gasteiger partial charge is 0.0840 e. The van der Waals surface area contributed by atoms with E-state index in [1.807, 2.05) is 6.07 Å². The van der Waals surface area contributed by atoms with Gasteiger partial charge in [0.15, 0.2) is 0 Å². The second kappa shape index (κ2) is 4.35. The van der Waals surface area contributed by atoms with Crippen LogP contribution in [0.5, 0.6) is 0 Å². The molecule has 0 nitrogen and oxygen atoms in total. The fraction of sp³-hybridized carbons (Fsp3) is 0.538. The van der Waals surface area contributed by atoms with Crippen molar-refractivity contribution in [2.24, 2.45) is 0 Å². The average molecular weight is 211 g/mol. The van der Waals surface area contributed by atoms with Crippen molar-refractivity contribution in [1.29, 1.82) is 0 Å². The minimum atomic E-state index is 0.215. The summed E-state index contributed by atoms with van der Waals surface area (Å²) in [6.07, 6.45) is 2.22. The minimum Gasteiger partial charge on any atom is -0.0840 e. The van der Waals surface area contributed by atoms with Crippen molar-refractivity contribution in [3.05, 3.63) is 34.3 Å². The lowest BCUT2D eigenvalue weighted by molar-refractivity contribution is 0.589. The predicted molar refractivity (Wildman–Crippen MR) is 64.1 cm³/mol. The van der Waals surface area contributed by atoms with Gasteiger partial charge in [-0.1, -0.05) is 57.8 Å². The summed E-state index contributed by atoms with van der Waals surface area (Å²) in [7, 11) is 0.